The average molecular weight is 713 g/mol. The second-order valence-corrected chi connectivity index (χ2v) is 12.4. The predicted molar refractivity (Wildman–Crippen MR) is 193 cm³/mol. The van der Waals surface area contributed by atoms with E-state index in [1.54, 1.807) is 48.4 Å². The quantitative estimate of drug-likeness (QED) is 0.154. The topological polar surface area (TPSA) is 239 Å². The van der Waals surface area contributed by atoms with Gasteiger partial charge in [-0.1, -0.05) is 26.7 Å². The molecule has 0 saturated heterocycles. The van der Waals surface area contributed by atoms with E-state index in [4.69, 9.17) is 21.7 Å². The van der Waals surface area contributed by atoms with Gasteiger partial charge in [-0.15, -0.1) is 20.5 Å². The summed E-state index contributed by atoms with van der Waals surface area (Å²) >= 11 is 0. The van der Waals surface area contributed by atoms with Crippen LogP contribution in [-0.2, 0) is 26.9 Å². The molecule has 0 aliphatic rings. The van der Waals surface area contributed by atoms with Crippen molar-refractivity contribution in [2.75, 3.05) is 39.7 Å². The van der Waals surface area contributed by atoms with Crippen molar-refractivity contribution >= 4 is 46.5 Å². The number of carbonyl (C=O) groups is 2. The molecule has 0 aliphatic carbocycles. The molecule has 0 aromatic carbocycles. The number of rotatable bonds is 14. The molecule has 4 N–H and O–H groups in total. The molecule has 0 saturated carbocycles. The number of nitrogens with two attached hydrogens (primary N) is 2. The van der Waals surface area contributed by atoms with Gasteiger partial charge in [0.2, 0.25) is 0 Å². The maximum atomic E-state index is 12.7. The Morgan fingerprint density at radius 2 is 1.10 bits per heavy atom. The minimum Gasteiger partial charge on any atom is -0.382 e. The van der Waals surface area contributed by atoms with Crippen molar-refractivity contribution in [1.29, 1.82) is 0 Å². The minimum atomic E-state index is -0.257. The summed E-state index contributed by atoms with van der Waals surface area (Å²) in [6.45, 7) is 4.14. The predicted octanol–water partition coefficient (Wildman–Crippen LogP) is 4.40. The molecule has 0 spiro atoms. The first-order valence-corrected chi connectivity index (χ1v) is 16.8. The first-order chi connectivity index (χ1) is 24.9. The Hall–Kier alpha value is -6.34. The van der Waals surface area contributed by atoms with Gasteiger partial charge in [-0.05, 0) is 25.7 Å². The third-order valence-electron chi connectivity index (χ3n) is 8.11. The van der Waals surface area contributed by atoms with Crippen LogP contribution >= 0.6 is 0 Å². The van der Waals surface area contributed by atoms with E-state index in [0.717, 1.165) is 25.7 Å². The Morgan fingerprint density at radius 3 is 1.46 bits per heavy atom. The van der Waals surface area contributed by atoms with E-state index >= 15 is 0 Å². The zero-order chi connectivity index (χ0) is 37.7. The number of azo groups is 2. The minimum absolute atomic E-state index is 0.188. The summed E-state index contributed by atoms with van der Waals surface area (Å²) < 4.78 is 5.87. The van der Waals surface area contributed by atoms with Crippen LogP contribution in [0.5, 0.6) is 0 Å². The molecule has 2 amide bonds. The Bertz CT molecular complexity index is 1980. The van der Waals surface area contributed by atoms with Crippen LogP contribution in [0, 0.1) is 0 Å². The molecule has 274 valence electrons. The fraction of sp³-hybridized carbons (Fsp3) is 0.438. The van der Waals surface area contributed by atoms with Crippen molar-refractivity contribution in [2.24, 2.45) is 34.6 Å². The molecule has 5 aromatic heterocycles. The van der Waals surface area contributed by atoms with Crippen LogP contribution in [-0.4, -0.2) is 98.9 Å². The van der Waals surface area contributed by atoms with Crippen LogP contribution in [0.25, 0.3) is 11.6 Å². The standard InChI is InChI=1S/C32H44N18O2/c1-9-11-13-21-25(39-41-29-19(16-37-47(29)7)31(51)45(3)4)27(33)49(43-21)23-15-24(36-18-35-23)50-28(34)26(22(44-50)14-12-10-2)40-42-30-20(17-38-48(30)8)32(52)46(5)6/h15-18H,9-14,33-34H2,1-8H3. The summed E-state index contributed by atoms with van der Waals surface area (Å²) in [6.07, 6.45) is 8.90. The fourth-order valence-electron chi connectivity index (χ4n) is 5.18. The summed E-state index contributed by atoms with van der Waals surface area (Å²) in [4.78, 5) is 37.2. The van der Waals surface area contributed by atoms with E-state index in [2.05, 4.69) is 54.5 Å². The van der Waals surface area contributed by atoms with Gasteiger partial charge in [-0.3, -0.25) is 9.59 Å². The van der Waals surface area contributed by atoms with E-state index in [9.17, 15) is 9.59 Å². The van der Waals surface area contributed by atoms with Gasteiger partial charge in [0, 0.05) is 48.4 Å². The van der Waals surface area contributed by atoms with Crippen molar-refractivity contribution in [3.63, 3.8) is 0 Å². The lowest BCUT2D eigenvalue weighted by Gasteiger charge is -2.08. The Labute approximate surface area is 300 Å². The van der Waals surface area contributed by atoms with Gasteiger partial charge in [0.05, 0.1) is 23.8 Å². The normalized spacial score (nSPS) is 11.7. The molecule has 0 aliphatic heterocycles. The third-order valence-corrected chi connectivity index (χ3v) is 8.11. The highest BCUT2D eigenvalue weighted by molar-refractivity contribution is 5.98. The van der Waals surface area contributed by atoms with Crippen molar-refractivity contribution in [3.8, 4) is 11.6 Å². The molecule has 0 fully saturated rings. The number of aromatic nitrogens is 10. The van der Waals surface area contributed by atoms with Gasteiger partial charge in [0.15, 0.2) is 46.3 Å². The zero-order valence-electron chi connectivity index (χ0n) is 30.7. The van der Waals surface area contributed by atoms with Crippen LogP contribution in [0.1, 0.15) is 71.6 Å². The molecule has 0 bridgehead atoms. The lowest BCUT2D eigenvalue weighted by atomic mass is 10.2. The molecule has 20 nitrogen and oxygen atoms in total. The smallest absolute Gasteiger partial charge is 0.258 e. The number of hydrogen-bond acceptors (Lipinski definition) is 14. The number of aryl methyl sites for hydroxylation is 4. The largest absolute Gasteiger partial charge is 0.382 e. The average Bonchev–Trinajstić information content (AvgIpc) is 3.86. The van der Waals surface area contributed by atoms with Gasteiger partial charge >= 0.3 is 0 Å². The number of nitrogens with zero attached hydrogens (tertiary/aromatic N) is 16. The van der Waals surface area contributed by atoms with E-state index < -0.39 is 0 Å². The molecule has 5 rings (SSSR count). The molecular weight excluding hydrogens is 668 g/mol. The van der Waals surface area contributed by atoms with Crippen LogP contribution < -0.4 is 11.5 Å². The van der Waals surface area contributed by atoms with E-state index in [0.29, 0.717) is 58.4 Å². The monoisotopic (exact) mass is 712 g/mol. The van der Waals surface area contributed by atoms with Gasteiger partial charge in [-0.2, -0.15) is 29.8 Å². The molecule has 20 heteroatoms. The number of nitrogen functional groups attached to an aromatic ring is 2. The molecule has 52 heavy (non-hydrogen) atoms. The highest BCUT2D eigenvalue weighted by atomic mass is 16.2. The Balaban J connectivity index is 1.55. The summed E-state index contributed by atoms with van der Waals surface area (Å²) in [5, 5.41) is 35.6. The number of unbranched alkanes of at least 4 members (excludes halogenated alkanes) is 2. The SMILES string of the molecule is CCCCc1nn(-c2cc(-n3nc(CCCC)c(N=Nc4c(C(=O)N(C)C)cnn4C)c3N)ncn2)c(N)c1N=Nc1c(C(=O)N(C)C)cnn1C. The highest BCUT2D eigenvalue weighted by Gasteiger charge is 2.23. The highest BCUT2D eigenvalue weighted by Crippen LogP contribution is 2.35. The second-order valence-electron chi connectivity index (χ2n) is 12.4. The van der Waals surface area contributed by atoms with Crippen molar-refractivity contribution < 1.29 is 9.59 Å². The van der Waals surface area contributed by atoms with E-state index in [1.165, 1.54) is 47.2 Å². The summed E-state index contributed by atoms with van der Waals surface area (Å²) in [5.74, 6) is 1.09. The first-order valence-electron chi connectivity index (χ1n) is 16.8. The van der Waals surface area contributed by atoms with Crippen LogP contribution in [0.3, 0.4) is 0 Å². The van der Waals surface area contributed by atoms with Gasteiger partial charge in [-0.25, -0.2) is 19.3 Å². The molecule has 5 aromatic rings. The summed E-state index contributed by atoms with van der Waals surface area (Å²) in [6, 6.07) is 1.64. The second kappa shape index (κ2) is 15.7. The molecule has 0 atom stereocenters. The van der Waals surface area contributed by atoms with Crippen LogP contribution in [0.15, 0.2) is 45.2 Å². The van der Waals surface area contributed by atoms with Gasteiger partial charge in [0.25, 0.3) is 11.8 Å². The van der Waals surface area contributed by atoms with Crippen molar-refractivity contribution in [3.05, 3.63) is 47.3 Å². The number of hydrogen-bond donors (Lipinski definition) is 2. The Kier molecular flexibility index (Phi) is 11.1. The van der Waals surface area contributed by atoms with Crippen LogP contribution in [0.4, 0.5) is 34.6 Å². The summed E-state index contributed by atoms with van der Waals surface area (Å²) in [5.41, 5.74) is 15.8. The number of amides is 2. The van der Waals surface area contributed by atoms with Gasteiger partial charge < -0.3 is 21.3 Å². The maximum Gasteiger partial charge on any atom is 0.258 e. The van der Waals surface area contributed by atoms with Crippen molar-refractivity contribution in [1.82, 2.24) is 58.9 Å². The van der Waals surface area contributed by atoms with Crippen LogP contribution in [0.2, 0.25) is 0 Å². The van der Waals surface area contributed by atoms with E-state index in [-0.39, 0.29) is 35.1 Å². The number of carbonyl (C=O) groups excluding carboxylic acids is 2. The molecular formula is C32H44N18O2. The molecule has 0 radical (unpaired) electrons. The lowest BCUT2D eigenvalue weighted by molar-refractivity contribution is 0.0821. The third kappa shape index (κ3) is 7.39. The number of anilines is 2. The zero-order valence-corrected chi connectivity index (χ0v) is 30.7. The first kappa shape index (κ1) is 36.9. The fourth-order valence-corrected chi connectivity index (χ4v) is 5.18. The van der Waals surface area contributed by atoms with E-state index in [1.807, 2.05) is 0 Å². The molecule has 0 unspecified atom stereocenters. The lowest BCUT2D eigenvalue weighted by Crippen LogP contribution is -2.21. The Morgan fingerprint density at radius 1 is 0.692 bits per heavy atom. The van der Waals surface area contributed by atoms with Gasteiger partial charge in [0.1, 0.15) is 17.5 Å². The van der Waals surface area contributed by atoms with Crippen molar-refractivity contribution in [2.45, 2.75) is 52.4 Å². The summed E-state index contributed by atoms with van der Waals surface area (Å²) in [7, 11) is 9.96. The maximum absolute atomic E-state index is 12.7. The molecule has 5 heterocycles.